The van der Waals surface area contributed by atoms with Gasteiger partial charge in [-0.15, -0.1) is 10.2 Å². The van der Waals surface area contributed by atoms with Crippen molar-refractivity contribution in [2.75, 3.05) is 18.4 Å². The summed E-state index contributed by atoms with van der Waals surface area (Å²) >= 11 is 12.4. The third-order valence-electron chi connectivity index (χ3n) is 4.24. The summed E-state index contributed by atoms with van der Waals surface area (Å²) in [5, 5.41) is 12.1. The normalized spacial score (nSPS) is 11.1. The van der Waals surface area contributed by atoms with Crippen LogP contribution in [0.4, 0.5) is 5.69 Å². The number of halogens is 2. The van der Waals surface area contributed by atoms with E-state index in [0.717, 1.165) is 12.0 Å². The van der Waals surface area contributed by atoms with Gasteiger partial charge in [0, 0.05) is 0 Å². The highest BCUT2D eigenvalue weighted by molar-refractivity contribution is 6.34. The van der Waals surface area contributed by atoms with Gasteiger partial charge in [-0.05, 0) is 49.7 Å². The summed E-state index contributed by atoms with van der Waals surface area (Å²) in [5.74, 6) is 0.627. The molecule has 3 aromatic rings. The SMILES string of the molecule is CCCN(CC(=O)Nc1ccc(C)cc1Cl)Cc1nnc(-c2ccccc2Cl)o1. The van der Waals surface area contributed by atoms with Crippen LogP contribution in [0.3, 0.4) is 0 Å². The predicted molar refractivity (Wildman–Crippen MR) is 115 cm³/mol. The van der Waals surface area contributed by atoms with E-state index in [-0.39, 0.29) is 12.5 Å². The fraction of sp³-hybridized carbons (Fsp3) is 0.286. The second-order valence-corrected chi connectivity index (χ2v) is 7.54. The molecule has 0 fully saturated rings. The van der Waals surface area contributed by atoms with Crippen molar-refractivity contribution >= 4 is 34.8 Å². The van der Waals surface area contributed by atoms with Crippen LogP contribution in [0.25, 0.3) is 11.5 Å². The van der Waals surface area contributed by atoms with Crippen LogP contribution in [0, 0.1) is 6.92 Å². The van der Waals surface area contributed by atoms with Crippen molar-refractivity contribution in [2.24, 2.45) is 0 Å². The molecule has 1 N–H and O–H groups in total. The molecular formula is C21H22Cl2N4O2. The molecule has 0 aliphatic heterocycles. The Balaban J connectivity index is 1.66. The monoisotopic (exact) mass is 432 g/mol. The molecule has 0 aliphatic rings. The van der Waals surface area contributed by atoms with Crippen LogP contribution in [-0.2, 0) is 11.3 Å². The van der Waals surface area contributed by atoms with Gasteiger partial charge in [-0.1, -0.05) is 48.3 Å². The van der Waals surface area contributed by atoms with E-state index in [0.29, 0.717) is 46.2 Å². The minimum Gasteiger partial charge on any atom is -0.419 e. The number of aromatic nitrogens is 2. The minimum atomic E-state index is -0.157. The molecule has 0 spiro atoms. The van der Waals surface area contributed by atoms with E-state index in [4.69, 9.17) is 27.6 Å². The number of benzene rings is 2. The summed E-state index contributed by atoms with van der Waals surface area (Å²) in [7, 11) is 0. The molecule has 152 valence electrons. The maximum atomic E-state index is 12.5. The van der Waals surface area contributed by atoms with Crippen LogP contribution in [0.15, 0.2) is 46.9 Å². The zero-order chi connectivity index (χ0) is 20.8. The van der Waals surface area contributed by atoms with Crippen LogP contribution in [-0.4, -0.2) is 34.1 Å². The van der Waals surface area contributed by atoms with Crippen LogP contribution >= 0.6 is 23.2 Å². The number of hydrogen-bond acceptors (Lipinski definition) is 5. The molecule has 0 aliphatic carbocycles. The van der Waals surface area contributed by atoms with E-state index in [1.807, 2.05) is 49.1 Å². The summed E-state index contributed by atoms with van der Waals surface area (Å²) < 4.78 is 5.76. The third kappa shape index (κ3) is 5.79. The van der Waals surface area contributed by atoms with E-state index in [2.05, 4.69) is 15.5 Å². The molecule has 1 amide bonds. The van der Waals surface area contributed by atoms with Gasteiger partial charge < -0.3 is 9.73 Å². The number of carbonyl (C=O) groups is 1. The molecule has 29 heavy (non-hydrogen) atoms. The third-order valence-corrected chi connectivity index (χ3v) is 4.88. The summed E-state index contributed by atoms with van der Waals surface area (Å²) in [6, 6.07) is 12.8. The maximum Gasteiger partial charge on any atom is 0.249 e. The first-order valence-corrected chi connectivity index (χ1v) is 10.1. The topological polar surface area (TPSA) is 71.3 Å². The van der Waals surface area contributed by atoms with Gasteiger partial charge in [0.25, 0.3) is 0 Å². The van der Waals surface area contributed by atoms with Crippen LogP contribution < -0.4 is 5.32 Å². The molecule has 0 bridgehead atoms. The van der Waals surface area contributed by atoms with Crippen LogP contribution in [0.5, 0.6) is 0 Å². The summed E-state index contributed by atoms with van der Waals surface area (Å²) in [6.45, 7) is 5.24. The van der Waals surface area contributed by atoms with Gasteiger partial charge in [-0.25, -0.2) is 0 Å². The quantitative estimate of drug-likeness (QED) is 0.529. The number of nitrogens with one attached hydrogen (secondary N) is 1. The zero-order valence-electron chi connectivity index (χ0n) is 16.3. The van der Waals surface area contributed by atoms with E-state index in [9.17, 15) is 4.79 Å². The summed E-state index contributed by atoms with van der Waals surface area (Å²) in [4.78, 5) is 14.4. The van der Waals surface area contributed by atoms with E-state index >= 15 is 0 Å². The number of nitrogens with zero attached hydrogens (tertiary/aromatic N) is 3. The van der Waals surface area contributed by atoms with Crippen LogP contribution in [0.2, 0.25) is 10.0 Å². The lowest BCUT2D eigenvalue weighted by Crippen LogP contribution is -2.33. The zero-order valence-corrected chi connectivity index (χ0v) is 17.8. The molecule has 3 rings (SSSR count). The largest absolute Gasteiger partial charge is 0.419 e. The van der Waals surface area contributed by atoms with Crippen molar-refractivity contribution in [3.05, 3.63) is 64.0 Å². The van der Waals surface area contributed by atoms with Crippen molar-refractivity contribution < 1.29 is 9.21 Å². The molecule has 8 heteroatoms. The van der Waals surface area contributed by atoms with Gasteiger partial charge in [0.15, 0.2) is 0 Å². The van der Waals surface area contributed by atoms with E-state index in [1.165, 1.54) is 0 Å². The minimum absolute atomic E-state index is 0.157. The second kappa shape index (κ2) is 9.87. The summed E-state index contributed by atoms with van der Waals surface area (Å²) in [5.41, 5.74) is 2.31. The summed E-state index contributed by atoms with van der Waals surface area (Å²) in [6.07, 6.45) is 0.879. The molecule has 0 radical (unpaired) electrons. The van der Waals surface area contributed by atoms with Gasteiger partial charge >= 0.3 is 0 Å². The number of hydrogen-bond donors (Lipinski definition) is 1. The Morgan fingerprint density at radius 2 is 1.93 bits per heavy atom. The molecule has 0 saturated carbocycles. The Kier molecular flexibility index (Phi) is 7.25. The molecule has 2 aromatic carbocycles. The van der Waals surface area contributed by atoms with E-state index in [1.54, 1.807) is 12.1 Å². The number of carbonyl (C=O) groups excluding carboxylic acids is 1. The molecule has 1 aromatic heterocycles. The molecule has 0 unspecified atom stereocenters. The lowest BCUT2D eigenvalue weighted by molar-refractivity contribution is -0.117. The highest BCUT2D eigenvalue weighted by Gasteiger charge is 2.17. The molecule has 0 atom stereocenters. The van der Waals surface area contributed by atoms with Crippen molar-refractivity contribution in [1.82, 2.24) is 15.1 Å². The number of anilines is 1. The predicted octanol–water partition coefficient (Wildman–Crippen LogP) is 5.20. The van der Waals surface area contributed by atoms with Crippen molar-refractivity contribution in [3.8, 4) is 11.5 Å². The lowest BCUT2D eigenvalue weighted by atomic mass is 10.2. The van der Waals surface area contributed by atoms with Gasteiger partial charge in [0.1, 0.15) is 0 Å². The average molecular weight is 433 g/mol. The average Bonchev–Trinajstić information content (AvgIpc) is 3.13. The standard InChI is InChI=1S/C21H22Cl2N4O2/c1-3-10-27(12-19(28)24-18-9-8-14(2)11-17(18)23)13-20-25-26-21(29-20)15-6-4-5-7-16(15)22/h4-9,11H,3,10,12-13H2,1-2H3,(H,24,28). The maximum absolute atomic E-state index is 12.5. The first-order valence-electron chi connectivity index (χ1n) is 9.32. The van der Waals surface area contributed by atoms with Crippen LogP contribution in [0.1, 0.15) is 24.8 Å². The number of amides is 1. The lowest BCUT2D eigenvalue weighted by Gasteiger charge is -2.19. The number of rotatable bonds is 8. The highest BCUT2D eigenvalue weighted by Crippen LogP contribution is 2.26. The Bertz CT molecular complexity index is 990. The van der Waals surface area contributed by atoms with Gasteiger partial charge in [0.05, 0.1) is 34.4 Å². The van der Waals surface area contributed by atoms with Gasteiger partial charge in [-0.2, -0.15) is 0 Å². The number of aryl methyl sites for hydroxylation is 1. The Morgan fingerprint density at radius 1 is 1.14 bits per heavy atom. The van der Waals surface area contributed by atoms with Gasteiger partial charge in [-0.3, -0.25) is 9.69 Å². The Labute approximate surface area is 179 Å². The smallest absolute Gasteiger partial charge is 0.249 e. The van der Waals surface area contributed by atoms with Gasteiger partial charge in [0.2, 0.25) is 17.7 Å². The first-order chi connectivity index (χ1) is 14.0. The highest BCUT2D eigenvalue weighted by atomic mass is 35.5. The fourth-order valence-corrected chi connectivity index (χ4v) is 3.40. The fourth-order valence-electron chi connectivity index (χ4n) is 2.90. The Morgan fingerprint density at radius 3 is 2.66 bits per heavy atom. The van der Waals surface area contributed by atoms with E-state index < -0.39 is 0 Å². The molecular weight excluding hydrogens is 411 g/mol. The Hall–Kier alpha value is -2.41. The second-order valence-electron chi connectivity index (χ2n) is 6.72. The van der Waals surface area contributed by atoms with Crippen molar-refractivity contribution in [2.45, 2.75) is 26.8 Å². The molecule has 1 heterocycles. The molecule has 6 nitrogen and oxygen atoms in total. The molecule has 0 saturated heterocycles. The van der Waals surface area contributed by atoms with Crippen molar-refractivity contribution in [1.29, 1.82) is 0 Å². The first kappa shape index (κ1) is 21.3. The van der Waals surface area contributed by atoms with Crippen molar-refractivity contribution in [3.63, 3.8) is 0 Å².